The Bertz CT molecular complexity index is 3870. The maximum atomic E-state index is 12.3. The van der Waals surface area contributed by atoms with Crippen LogP contribution in [-0.2, 0) is 22.7 Å². The van der Waals surface area contributed by atoms with Crippen LogP contribution in [0.4, 0.5) is 0 Å². The van der Waals surface area contributed by atoms with Crippen LogP contribution in [0, 0.1) is 0 Å². The molecule has 12 aromatic carbocycles. The van der Waals surface area contributed by atoms with Gasteiger partial charge in [-0.15, -0.1) is 0 Å². The van der Waals surface area contributed by atoms with E-state index in [9.17, 15) is 9.59 Å². The van der Waals surface area contributed by atoms with E-state index in [1.807, 2.05) is 48.5 Å². The van der Waals surface area contributed by atoms with Crippen molar-refractivity contribution >= 4 is 76.6 Å². The predicted octanol–water partition coefficient (Wildman–Crippen LogP) is 16.3. The summed E-state index contributed by atoms with van der Waals surface area (Å²) in [5, 5.41) is 12.8. The number of benzene rings is 12. The predicted molar refractivity (Wildman–Crippen MR) is 292 cm³/mol. The van der Waals surface area contributed by atoms with Crippen molar-refractivity contribution in [2.45, 2.75) is 13.2 Å². The first-order valence-corrected chi connectivity index (χ1v) is 24.0. The van der Waals surface area contributed by atoms with E-state index in [1.165, 1.54) is 35.8 Å². The number of ether oxygens (including phenoxy) is 4. The van der Waals surface area contributed by atoms with Crippen LogP contribution >= 0.6 is 0 Å². The molecule has 0 saturated carbocycles. The Morgan fingerprint density at radius 2 is 0.653 bits per heavy atom. The van der Waals surface area contributed by atoms with E-state index in [4.69, 9.17) is 18.9 Å². The van der Waals surface area contributed by atoms with Crippen molar-refractivity contribution in [3.8, 4) is 44.9 Å². The first-order chi connectivity index (χ1) is 35.3. The molecular formula is C66H46O6. The zero-order valence-electron chi connectivity index (χ0n) is 39.6. The monoisotopic (exact) mass is 934 g/mol. The topological polar surface area (TPSA) is 71.1 Å². The highest BCUT2D eigenvalue weighted by molar-refractivity contribution is 6.11. The fourth-order valence-electron chi connectivity index (χ4n) is 10.1. The van der Waals surface area contributed by atoms with Gasteiger partial charge in [0.1, 0.15) is 24.7 Å². The number of hydrogen-bond donors (Lipinski definition) is 0. The van der Waals surface area contributed by atoms with E-state index >= 15 is 0 Å². The number of esters is 2. The first kappa shape index (κ1) is 44.0. The lowest BCUT2D eigenvalue weighted by Crippen LogP contribution is -2.02. The summed E-state index contributed by atoms with van der Waals surface area (Å²) in [4.78, 5) is 24.7. The Morgan fingerprint density at radius 3 is 1.08 bits per heavy atom. The summed E-state index contributed by atoms with van der Waals surface area (Å²) in [7, 11) is 2.79. The van der Waals surface area contributed by atoms with Crippen LogP contribution in [0.2, 0.25) is 0 Å². The zero-order valence-corrected chi connectivity index (χ0v) is 39.6. The third-order valence-corrected chi connectivity index (χ3v) is 13.8. The first-order valence-electron chi connectivity index (χ1n) is 24.0. The summed E-state index contributed by atoms with van der Waals surface area (Å²) in [6.07, 6.45) is 0. The second kappa shape index (κ2) is 18.6. The number of methoxy groups -OCH3 is 2. The van der Waals surface area contributed by atoms with Crippen LogP contribution < -0.4 is 9.47 Å². The standard InChI is InChI=1S/C66H46O6/c1-69-65(67)57-21-19-47-31-41(11-13-49(47)37-57)39-71-61-29-25-55-35-53(51-17-15-43-7-3-5-9-45(43)33-51)23-27-59(55)63(61)64-60-28-24-54(52-18-16-44-8-4-6-10-46(44)34-52)36-56(60)26-30-62(64)72-40-42-12-14-50-38-58(66(68)70-2)22-20-48(50)32-42/h3-38H,39-40H2,1-2H3. The molecule has 0 amide bonds. The Balaban J connectivity index is 1.00. The van der Waals surface area contributed by atoms with Crippen molar-refractivity contribution in [1.82, 2.24) is 0 Å². The van der Waals surface area contributed by atoms with Gasteiger partial charge < -0.3 is 18.9 Å². The van der Waals surface area contributed by atoms with Crippen LogP contribution in [0.3, 0.4) is 0 Å². The molecule has 0 fully saturated rings. The van der Waals surface area contributed by atoms with Crippen molar-refractivity contribution in [2.75, 3.05) is 14.2 Å². The molecule has 0 radical (unpaired) electrons. The highest BCUT2D eigenvalue weighted by atomic mass is 16.5. The Labute approximate surface area is 416 Å². The molecule has 6 heteroatoms. The summed E-state index contributed by atoms with van der Waals surface area (Å²) in [6, 6.07) is 75.5. The van der Waals surface area contributed by atoms with Gasteiger partial charge in [0.15, 0.2) is 0 Å². The normalized spacial score (nSPS) is 11.4. The van der Waals surface area contributed by atoms with Gasteiger partial charge in [-0.1, -0.05) is 146 Å². The fraction of sp³-hybridized carbons (Fsp3) is 0.0606. The van der Waals surface area contributed by atoms with Gasteiger partial charge in [-0.3, -0.25) is 0 Å². The highest BCUT2D eigenvalue weighted by Crippen LogP contribution is 2.47. The second-order valence-electron chi connectivity index (χ2n) is 18.2. The third-order valence-electron chi connectivity index (χ3n) is 13.8. The van der Waals surface area contributed by atoms with Crippen LogP contribution in [0.5, 0.6) is 11.5 Å². The molecular weight excluding hydrogens is 889 g/mol. The molecule has 12 rings (SSSR count). The van der Waals surface area contributed by atoms with Gasteiger partial charge in [-0.05, 0) is 171 Å². The lowest BCUT2D eigenvalue weighted by Gasteiger charge is -2.21. The van der Waals surface area contributed by atoms with E-state index in [0.29, 0.717) is 35.8 Å². The van der Waals surface area contributed by atoms with E-state index in [2.05, 4.69) is 158 Å². The lowest BCUT2D eigenvalue weighted by molar-refractivity contribution is 0.0592. The minimum absolute atomic E-state index is 0.296. The molecule has 0 heterocycles. The molecule has 6 nitrogen and oxygen atoms in total. The molecule has 0 N–H and O–H groups in total. The summed E-state index contributed by atoms with van der Waals surface area (Å²) in [5.41, 5.74) is 9.33. The summed E-state index contributed by atoms with van der Waals surface area (Å²) in [5.74, 6) is 0.689. The van der Waals surface area contributed by atoms with Crippen LogP contribution in [-0.4, -0.2) is 26.2 Å². The molecule has 0 spiro atoms. The van der Waals surface area contributed by atoms with Gasteiger partial charge in [-0.25, -0.2) is 9.59 Å². The number of fused-ring (bicyclic) bond motifs is 6. The van der Waals surface area contributed by atoms with E-state index in [0.717, 1.165) is 87.6 Å². The van der Waals surface area contributed by atoms with Gasteiger partial charge in [0.05, 0.1) is 25.3 Å². The molecule has 72 heavy (non-hydrogen) atoms. The summed E-state index contributed by atoms with van der Waals surface area (Å²) < 4.78 is 24.0. The fourth-order valence-corrected chi connectivity index (χ4v) is 10.1. The minimum Gasteiger partial charge on any atom is -0.488 e. The van der Waals surface area contributed by atoms with Gasteiger partial charge in [0.2, 0.25) is 0 Å². The van der Waals surface area contributed by atoms with Crippen molar-refractivity contribution in [1.29, 1.82) is 0 Å². The molecule has 0 aliphatic rings. The van der Waals surface area contributed by atoms with E-state index < -0.39 is 0 Å². The smallest absolute Gasteiger partial charge is 0.337 e. The number of carbonyl (C=O) groups is 2. The Hall–Kier alpha value is -9.26. The number of hydrogen-bond acceptors (Lipinski definition) is 6. The van der Waals surface area contributed by atoms with Crippen LogP contribution in [0.25, 0.3) is 98.0 Å². The Kier molecular flexibility index (Phi) is 11.3. The summed E-state index contributed by atoms with van der Waals surface area (Å²) in [6.45, 7) is 0.592. The molecule has 0 aliphatic carbocycles. The van der Waals surface area contributed by atoms with Gasteiger partial charge >= 0.3 is 11.9 Å². The van der Waals surface area contributed by atoms with E-state index in [-0.39, 0.29) is 11.9 Å². The highest BCUT2D eigenvalue weighted by Gasteiger charge is 2.21. The van der Waals surface area contributed by atoms with Crippen molar-refractivity contribution in [3.63, 3.8) is 0 Å². The summed E-state index contributed by atoms with van der Waals surface area (Å²) >= 11 is 0. The van der Waals surface area contributed by atoms with E-state index in [1.54, 1.807) is 12.1 Å². The SMILES string of the molecule is COC(=O)c1ccc2cc(COc3ccc4cc(-c5ccc6ccccc6c5)ccc4c3-c3c(OCc4ccc5cc(C(=O)OC)ccc5c4)ccc4cc(-c5ccc6ccccc6c5)ccc34)ccc2c1. The molecule has 0 bridgehead atoms. The molecule has 346 valence electrons. The second-order valence-corrected chi connectivity index (χ2v) is 18.2. The molecule has 0 atom stereocenters. The largest absolute Gasteiger partial charge is 0.488 e. The molecule has 0 saturated heterocycles. The Morgan fingerprint density at radius 1 is 0.319 bits per heavy atom. The minimum atomic E-state index is -0.368. The quantitative estimate of drug-likeness (QED) is 0.120. The molecule has 12 aromatic rings. The number of rotatable bonds is 11. The van der Waals surface area contributed by atoms with Crippen molar-refractivity contribution in [3.05, 3.63) is 241 Å². The van der Waals surface area contributed by atoms with Gasteiger partial charge in [-0.2, -0.15) is 0 Å². The molecule has 0 unspecified atom stereocenters. The maximum Gasteiger partial charge on any atom is 0.337 e. The van der Waals surface area contributed by atoms with Gasteiger partial charge in [0, 0.05) is 11.1 Å². The maximum absolute atomic E-state index is 12.3. The average Bonchev–Trinajstić information content (AvgIpc) is 3.44. The van der Waals surface area contributed by atoms with Gasteiger partial charge in [0.25, 0.3) is 0 Å². The number of carbonyl (C=O) groups excluding carboxylic acids is 2. The molecule has 0 aliphatic heterocycles. The van der Waals surface area contributed by atoms with Crippen molar-refractivity contribution in [2.24, 2.45) is 0 Å². The van der Waals surface area contributed by atoms with Crippen molar-refractivity contribution < 1.29 is 28.5 Å². The average molecular weight is 935 g/mol. The zero-order chi connectivity index (χ0) is 48.7. The van der Waals surface area contributed by atoms with Crippen LogP contribution in [0.15, 0.2) is 218 Å². The third kappa shape index (κ3) is 8.39. The lowest BCUT2D eigenvalue weighted by atomic mass is 9.89. The van der Waals surface area contributed by atoms with Crippen LogP contribution in [0.1, 0.15) is 31.8 Å². The molecule has 0 aromatic heterocycles.